The van der Waals surface area contributed by atoms with E-state index in [1.165, 1.54) is 0 Å². The topological polar surface area (TPSA) is 49.9 Å². The summed E-state index contributed by atoms with van der Waals surface area (Å²) < 4.78 is 38.7. The number of para-hydroxylation sites is 1. The smallest absolute Gasteiger partial charge is 0.273 e. The van der Waals surface area contributed by atoms with Crippen LogP contribution in [0, 0.1) is 5.92 Å². The van der Waals surface area contributed by atoms with Gasteiger partial charge in [-0.2, -0.15) is 13.2 Å². The number of imide groups is 1. The third kappa shape index (κ3) is 3.23. The van der Waals surface area contributed by atoms with E-state index in [4.69, 9.17) is 4.84 Å². The van der Waals surface area contributed by atoms with Gasteiger partial charge < -0.3 is 0 Å². The standard InChI is InChI=1S/C24H17F3N2O3/c25-24(26,27)16-11-13-17(14-12-16)28-22(30)19-20(15-7-3-1-4-8-15)29(32-21(19)23(28)31)18-9-5-2-6-10-18/h1-14,19-21H/t19-,20-,21+/m1/s1. The Balaban J connectivity index is 1.53. The molecule has 0 aromatic heterocycles. The molecule has 2 heterocycles. The molecule has 2 amide bonds. The van der Waals surface area contributed by atoms with Gasteiger partial charge in [0.25, 0.3) is 5.91 Å². The van der Waals surface area contributed by atoms with E-state index in [2.05, 4.69) is 0 Å². The van der Waals surface area contributed by atoms with Gasteiger partial charge in [0.2, 0.25) is 5.91 Å². The second-order valence-electron chi connectivity index (χ2n) is 7.63. The van der Waals surface area contributed by atoms with Crippen molar-refractivity contribution in [3.05, 3.63) is 96.1 Å². The van der Waals surface area contributed by atoms with Crippen LogP contribution in [-0.2, 0) is 20.6 Å². The van der Waals surface area contributed by atoms with Gasteiger partial charge in [0.1, 0.15) is 5.92 Å². The molecule has 32 heavy (non-hydrogen) atoms. The Bertz CT molecular complexity index is 1150. The number of hydroxylamine groups is 1. The number of rotatable bonds is 3. The highest BCUT2D eigenvalue weighted by Gasteiger charge is 2.60. The van der Waals surface area contributed by atoms with E-state index >= 15 is 0 Å². The van der Waals surface area contributed by atoms with Gasteiger partial charge in [0, 0.05) is 0 Å². The van der Waals surface area contributed by atoms with Crippen molar-refractivity contribution in [3.63, 3.8) is 0 Å². The number of hydrogen-bond donors (Lipinski definition) is 0. The average molecular weight is 438 g/mol. The number of benzene rings is 3. The van der Waals surface area contributed by atoms with E-state index in [1.54, 1.807) is 5.06 Å². The summed E-state index contributed by atoms with van der Waals surface area (Å²) in [6, 6.07) is 21.8. The van der Waals surface area contributed by atoms with Crippen LogP contribution in [0.25, 0.3) is 0 Å². The van der Waals surface area contributed by atoms with E-state index in [0.717, 1.165) is 34.7 Å². The number of amides is 2. The number of hydrogen-bond acceptors (Lipinski definition) is 4. The maximum Gasteiger partial charge on any atom is 0.416 e. The maximum absolute atomic E-state index is 13.4. The second kappa shape index (κ2) is 7.49. The Hall–Kier alpha value is -3.65. The molecule has 2 aliphatic heterocycles. The minimum Gasteiger partial charge on any atom is -0.273 e. The Morgan fingerprint density at radius 2 is 1.31 bits per heavy atom. The summed E-state index contributed by atoms with van der Waals surface area (Å²) in [5.41, 5.74) is 0.718. The molecule has 0 saturated carbocycles. The third-order valence-electron chi connectivity index (χ3n) is 5.72. The number of anilines is 2. The monoisotopic (exact) mass is 438 g/mol. The molecular weight excluding hydrogens is 421 g/mol. The van der Waals surface area contributed by atoms with Gasteiger partial charge in [-0.15, -0.1) is 0 Å². The number of halogens is 3. The fourth-order valence-electron chi connectivity index (χ4n) is 4.26. The van der Waals surface area contributed by atoms with Gasteiger partial charge in [-0.1, -0.05) is 48.5 Å². The van der Waals surface area contributed by atoms with Gasteiger partial charge >= 0.3 is 6.18 Å². The molecule has 162 valence electrons. The normalized spacial score (nSPS) is 23.0. The van der Waals surface area contributed by atoms with E-state index < -0.39 is 41.6 Å². The van der Waals surface area contributed by atoms with E-state index in [9.17, 15) is 22.8 Å². The summed E-state index contributed by atoms with van der Waals surface area (Å²) in [7, 11) is 0. The molecule has 0 spiro atoms. The van der Waals surface area contributed by atoms with Gasteiger partial charge in [0.05, 0.1) is 23.0 Å². The number of carbonyl (C=O) groups is 2. The summed E-state index contributed by atoms with van der Waals surface area (Å²) in [4.78, 5) is 33.5. The quantitative estimate of drug-likeness (QED) is 0.554. The Morgan fingerprint density at radius 1 is 0.719 bits per heavy atom. The molecule has 0 radical (unpaired) electrons. The Morgan fingerprint density at radius 3 is 1.91 bits per heavy atom. The zero-order valence-corrected chi connectivity index (χ0v) is 16.6. The van der Waals surface area contributed by atoms with Crippen molar-refractivity contribution in [2.75, 3.05) is 9.96 Å². The van der Waals surface area contributed by atoms with Gasteiger partial charge in [0.15, 0.2) is 6.10 Å². The Labute approximate surface area is 181 Å². The highest BCUT2D eigenvalue weighted by molar-refractivity contribution is 6.23. The van der Waals surface area contributed by atoms with Crippen molar-refractivity contribution in [1.29, 1.82) is 0 Å². The lowest BCUT2D eigenvalue weighted by Crippen LogP contribution is -2.37. The first-order valence-electron chi connectivity index (χ1n) is 9.97. The second-order valence-corrected chi connectivity index (χ2v) is 7.63. The molecule has 5 nitrogen and oxygen atoms in total. The molecule has 0 bridgehead atoms. The molecule has 3 atom stereocenters. The maximum atomic E-state index is 13.4. The molecule has 0 N–H and O–H groups in total. The van der Waals surface area contributed by atoms with Crippen molar-refractivity contribution in [3.8, 4) is 0 Å². The van der Waals surface area contributed by atoms with Gasteiger partial charge in [-0.25, -0.2) is 9.96 Å². The molecule has 5 rings (SSSR count). The lowest BCUT2D eigenvalue weighted by Gasteiger charge is -2.28. The van der Waals surface area contributed by atoms with Gasteiger partial charge in [-0.05, 0) is 42.0 Å². The number of fused-ring (bicyclic) bond motifs is 1. The summed E-state index contributed by atoms with van der Waals surface area (Å²) in [6.07, 6.45) is -5.58. The van der Waals surface area contributed by atoms with Crippen LogP contribution < -0.4 is 9.96 Å². The predicted octanol–water partition coefficient (Wildman–Crippen LogP) is 4.76. The summed E-state index contributed by atoms with van der Waals surface area (Å²) in [6.45, 7) is 0. The summed E-state index contributed by atoms with van der Waals surface area (Å²) in [5.74, 6) is -1.95. The summed E-state index contributed by atoms with van der Waals surface area (Å²) >= 11 is 0. The lowest BCUT2D eigenvalue weighted by atomic mass is 9.90. The summed E-state index contributed by atoms with van der Waals surface area (Å²) in [5, 5.41) is 1.57. The molecule has 3 aromatic rings. The van der Waals surface area contributed by atoms with Crippen LogP contribution in [0.15, 0.2) is 84.9 Å². The zero-order chi connectivity index (χ0) is 22.5. The molecule has 8 heteroatoms. The largest absolute Gasteiger partial charge is 0.416 e. The predicted molar refractivity (Wildman–Crippen MR) is 110 cm³/mol. The van der Waals surface area contributed by atoms with Crippen LogP contribution in [0.4, 0.5) is 24.5 Å². The fraction of sp³-hybridized carbons (Fsp3) is 0.167. The SMILES string of the molecule is O=C1[C@H]2[C@H](ON(c3ccccc3)[C@@H]2c2ccccc2)C(=O)N1c1ccc(C(F)(F)F)cc1. The highest BCUT2D eigenvalue weighted by Crippen LogP contribution is 2.47. The third-order valence-corrected chi connectivity index (χ3v) is 5.72. The first-order chi connectivity index (χ1) is 15.4. The number of nitrogens with zero attached hydrogens (tertiary/aromatic N) is 2. The van der Waals surface area contributed by atoms with E-state index in [0.29, 0.717) is 5.69 Å². The molecule has 0 aliphatic carbocycles. The van der Waals surface area contributed by atoms with E-state index in [1.807, 2.05) is 60.7 Å². The first kappa shape index (κ1) is 20.3. The van der Waals surface area contributed by atoms with Crippen LogP contribution in [0.1, 0.15) is 17.2 Å². The molecule has 2 fully saturated rings. The minimum absolute atomic E-state index is 0.0871. The Kier molecular flexibility index (Phi) is 4.74. The molecule has 3 aromatic carbocycles. The van der Waals surface area contributed by atoms with Crippen molar-refractivity contribution in [2.24, 2.45) is 5.92 Å². The van der Waals surface area contributed by atoms with Crippen LogP contribution in [0.2, 0.25) is 0 Å². The van der Waals surface area contributed by atoms with Crippen molar-refractivity contribution in [1.82, 2.24) is 0 Å². The molecular formula is C24H17F3N2O3. The van der Waals surface area contributed by atoms with Crippen molar-refractivity contribution < 1.29 is 27.6 Å². The van der Waals surface area contributed by atoms with Crippen molar-refractivity contribution in [2.45, 2.75) is 18.3 Å². The molecule has 0 unspecified atom stereocenters. The minimum atomic E-state index is -4.51. The lowest BCUT2D eigenvalue weighted by molar-refractivity contribution is -0.137. The molecule has 2 saturated heterocycles. The van der Waals surface area contributed by atoms with Crippen LogP contribution >= 0.6 is 0 Å². The number of carbonyl (C=O) groups excluding carboxylic acids is 2. The zero-order valence-electron chi connectivity index (χ0n) is 16.6. The molecule has 2 aliphatic rings. The van der Waals surface area contributed by atoms with Gasteiger partial charge in [-0.3, -0.25) is 14.4 Å². The first-order valence-corrected chi connectivity index (χ1v) is 9.97. The van der Waals surface area contributed by atoms with Crippen LogP contribution in [-0.4, -0.2) is 17.9 Å². The van der Waals surface area contributed by atoms with E-state index in [-0.39, 0.29) is 5.69 Å². The van der Waals surface area contributed by atoms with Crippen LogP contribution in [0.5, 0.6) is 0 Å². The van der Waals surface area contributed by atoms with Crippen LogP contribution in [0.3, 0.4) is 0 Å². The fourth-order valence-corrected chi connectivity index (χ4v) is 4.26. The van der Waals surface area contributed by atoms with Crippen molar-refractivity contribution >= 4 is 23.2 Å². The highest BCUT2D eigenvalue weighted by atomic mass is 19.4. The number of alkyl halides is 3. The average Bonchev–Trinajstić information content (AvgIpc) is 3.31.